The van der Waals surface area contributed by atoms with Gasteiger partial charge in [-0.1, -0.05) is 64.3 Å². The van der Waals surface area contributed by atoms with E-state index >= 15 is 0 Å². The Morgan fingerprint density at radius 1 is 1.05 bits per heavy atom. The van der Waals surface area contributed by atoms with Crippen molar-refractivity contribution >= 4 is 0 Å². The van der Waals surface area contributed by atoms with Crippen LogP contribution in [0.4, 0.5) is 0 Å². The van der Waals surface area contributed by atoms with Gasteiger partial charge in [0.15, 0.2) is 0 Å². The normalized spacial score (nSPS) is 20.5. The summed E-state index contributed by atoms with van der Waals surface area (Å²) in [5.74, 6) is 0.579. The van der Waals surface area contributed by atoms with E-state index < -0.39 is 0 Å². The van der Waals surface area contributed by atoms with Gasteiger partial charge in [0.2, 0.25) is 0 Å². The average Bonchev–Trinajstić information content (AvgIpc) is 2.40. The SMILES string of the molecule is CC(C)c1ccc(CC(O)C2(C)CCCCC2)cc1. The van der Waals surface area contributed by atoms with Crippen LogP contribution in [0.3, 0.4) is 0 Å². The maximum Gasteiger partial charge on any atom is 0.0634 e. The summed E-state index contributed by atoms with van der Waals surface area (Å²) in [7, 11) is 0. The van der Waals surface area contributed by atoms with Crippen LogP contribution in [0.1, 0.15) is 69.9 Å². The van der Waals surface area contributed by atoms with E-state index in [0.717, 1.165) is 6.42 Å². The van der Waals surface area contributed by atoms with Gasteiger partial charge >= 0.3 is 0 Å². The van der Waals surface area contributed by atoms with E-state index in [2.05, 4.69) is 45.0 Å². The van der Waals surface area contributed by atoms with E-state index in [-0.39, 0.29) is 11.5 Å². The Morgan fingerprint density at radius 2 is 1.63 bits per heavy atom. The molecule has 19 heavy (non-hydrogen) atoms. The molecule has 0 amide bonds. The van der Waals surface area contributed by atoms with E-state index in [1.165, 1.54) is 43.2 Å². The van der Waals surface area contributed by atoms with Crippen molar-refractivity contribution in [1.29, 1.82) is 0 Å². The molecule has 1 saturated carbocycles. The Morgan fingerprint density at radius 3 is 2.16 bits per heavy atom. The lowest BCUT2D eigenvalue weighted by molar-refractivity contribution is 0.0104. The average molecular weight is 260 g/mol. The third-order valence-corrected chi connectivity index (χ3v) is 4.88. The molecule has 106 valence electrons. The number of aliphatic hydroxyl groups excluding tert-OH is 1. The highest BCUT2D eigenvalue weighted by molar-refractivity contribution is 5.25. The fraction of sp³-hybridized carbons (Fsp3) is 0.667. The second-order valence-corrected chi connectivity index (χ2v) is 6.83. The van der Waals surface area contributed by atoms with Crippen LogP contribution in [0.2, 0.25) is 0 Å². The summed E-state index contributed by atoms with van der Waals surface area (Å²) in [5, 5.41) is 10.6. The molecule has 0 heterocycles. The zero-order valence-corrected chi connectivity index (χ0v) is 12.7. The molecule has 1 aliphatic carbocycles. The maximum absolute atomic E-state index is 10.6. The standard InChI is InChI=1S/C18H28O/c1-14(2)16-9-7-15(8-10-16)13-17(19)18(3)11-5-4-6-12-18/h7-10,14,17,19H,4-6,11-13H2,1-3H3. The smallest absolute Gasteiger partial charge is 0.0634 e. The molecule has 1 nitrogen and oxygen atoms in total. The van der Waals surface area contributed by atoms with Crippen LogP contribution in [0.15, 0.2) is 24.3 Å². The minimum absolute atomic E-state index is 0.134. The second kappa shape index (κ2) is 6.09. The van der Waals surface area contributed by atoms with Crippen molar-refractivity contribution in [2.45, 2.75) is 71.3 Å². The monoisotopic (exact) mass is 260 g/mol. The first kappa shape index (κ1) is 14.6. The van der Waals surface area contributed by atoms with Crippen molar-refractivity contribution in [3.8, 4) is 0 Å². The lowest BCUT2D eigenvalue weighted by Crippen LogP contribution is -2.35. The lowest BCUT2D eigenvalue weighted by Gasteiger charge is -2.38. The van der Waals surface area contributed by atoms with Gasteiger partial charge in [-0.2, -0.15) is 0 Å². The highest BCUT2D eigenvalue weighted by Crippen LogP contribution is 2.39. The molecular weight excluding hydrogens is 232 g/mol. The fourth-order valence-electron chi connectivity index (χ4n) is 3.20. The van der Waals surface area contributed by atoms with Crippen molar-refractivity contribution < 1.29 is 5.11 Å². The van der Waals surface area contributed by atoms with Crippen LogP contribution in [0.5, 0.6) is 0 Å². The highest BCUT2D eigenvalue weighted by atomic mass is 16.3. The molecule has 0 saturated heterocycles. The number of hydrogen-bond acceptors (Lipinski definition) is 1. The summed E-state index contributed by atoms with van der Waals surface area (Å²) in [4.78, 5) is 0. The van der Waals surface area contributed by atoms with Gasteiger partial charge in [-0.15, -0.1) is 0 Å². The summed E-state index contributed by atoms with van der Waals surface area (Å²) in [5.41, 5.74) is 2.78. The number of rotatable bonds is 4. The summed E-state index contributed by atoms with van der Waals surface area (Å²) in [6, 6.07) is 8.78. The Kier molecular flexibility index (Phi) is 4.67. The Labute approximate surface area is 118 Å². The minimum atomic E-state index is -0.197. The van der Waals surface area contributed by atoms with E-state index in [9.17, 15) is 5.11 Å². The van der Waals surface area contributed by atoms with Crippen molar-refractivity contribution in [2.24, 2.45) is 5.41 Å². The van der Waals surface area contributed by atoms with Gasteiger partial charge in [0.1, 0.15) is 0 Å². The largest absolute Gasteiger partial charge is 0.392 e. The molecule has 1 N–H and O–H groups in total. The van der Waals surface area contributed by atoms with Crippen LogP contribution < -0.4 is 0 Å². The zero-order valence-electron chi connectivity index (χ0n) is 12.7. The summed E-state index contributed by atoms with van der Waals surface area (Å²) in [6.45, 7) is 6.69. The topological polar surface area (TPSA) is 20.2 Å². The second-order valence-electron chi connectivity index (χ2n) is 6.83. The molecule has 1 unspecified atom stereocenters. The van der Waals surface area contributed by atoms with Gasteiger partial charge < -0.3 is 5.11 Å². The number of aliphatic hydroxyl groups is 1. The molecular formula is C18H28O. The Balaban J connectivity index is 1.99. The van der Waals surface area contributed by atoms with E-state index in [0.29, 0.717) is 5.92 Å². The predicted molar refractivity (Wildman–Crippen MR) is 81.4 cm³/mol. The van der Waals surface area contributed by atoms with Crippen LogP contribution in [-0.4, -0.2) is 11.2 Å². The van der Waals surface area contributed by atoms with Crippen molar-refractivity contribution in [3.05, 3.63) is 35.4 Å². The van der Waals surface area contributed by atoms with Crippen LogP contribution >= 0.6 is 0 Å². The van der Waals surface area contributed by atoms with Gasteiger partial charge in [-0.3, -0.25) is 0 Å². The molecule has 2 rings (SSSR count). The molecule has 0 bridgehead atoms. The van der Waals surface area contributed by atoms with Crippen molar-refractivity contribution in [2.75, 3.05) is 0 Å². The molecule has 0 radical (unpaired) electrons. The molecule has 1 atom stereocenters. The minimum Gasteiger partial charge on any atom is -0.392 e. The van der Waals surface area contributed by atoms with Crippen LogP contribution in [0.25, 0.3) is 0 Å². The maximum atomic E-state index is 10.6. The highest BCUT2D eigenvalue weighted by Gasteiger charge is 2.34. The van der Waals surface area contributed by atoms with E-state index in [4.69, 9.17) is 0 Å². The van der Waals surface area contributed by atoms with E-state index in [1.54, 1.807) is 0 Å². The van der Waals surface area contributed by atoms with Gasteiger partial charge in [0.05, 0.1) is 6.10 Å². The molecule has 1 fully saturated rings. The molecule has 1 heteroatoms. The first-order valence-corrected chi connectivity index (χ1v) is 7.78. The molecule has 1 aromatic rings. The van der Waals surface area contributed by atoms with Gasteiger partial charge in [0.25, 0.3) is 0 Å². The van der Waals surface area contributed by atoms with Crippen molar-refractivity contribution in [3.63, 3.8) is 0 Å². The van der Waals surface area contributed by atoms with E-state index in [1.807, 2.05) is 0 Å². The molecule has 0 aliphatic heterocycles. The summed E-state index contributed by atoms with van der Waals surface area (Å²) in [6.07, 6.45) is 6.86. The zero-order chi connectivity index (χ0) is 13.9. The predicted octanol–water partition coefficient (Wildman–Crippen LogP) is 4.68. The summed E-state index contributed by atoms with van der Waals surface area (Å²) < 4.78 is 0. The molecule has 1 aromatic carbocycles. The Hall–Kier alpha value is -0.820. The first-order chi connectivity index (χ1) is 9.01. The molecule has 0 spiro atoms. The number of hydrogen-bond donors (Lipinski definition) is 1. The van der Waals surface area contributed by atoms with Gasteiger partial charge in [0, 0.05) is 0 Å². The third-order valence-electron chi connectivity index (χ3n) is 4.88. The van der Waals surface area contributed by atoms with Crippen LogP contribution in [0, 0.1) is 5.41 Å². The third kappa shape index (κ3) is 3.60. The van der Waals surface area contributed by atoms with Crippen LogP contribution in [-0.2, 0) is 6.42 Å². The Bertz CT molecular complexity index is 385. The quantitative estimate of drug-likeness (QED) is 0.833. The fourth-order valence-corrected chi connectivity index (χ4v) is 3.20. The lowest BCUT2D eigenvalue weighted by atomic mass is 9.70. The molecule has 0 aromatic heterocycles. The van der Waals surface area contributed by atoms with Gasteiger partial charge in [-0.25, -0.2) is 0 Å². The summed E-state index contributed by atoms with van der Waals surface area (Å²) >= 11 is 0. The number of benzene rings is 1. The van der Waals surface area contributed by atoms with Crippen molar-refractivity contribution in [1.82, 2.24) is 0 Å². The molecule has 1 aliphatic rings. The first-order valence-electron chi connectivity index (χ1n) is 7.78. The van der Waals surface area contributed by atoms with Gasteiger partial charge in [-0.05, 0) is 41.7 Å².